The molecular weight excluding hydrogens is 396 g/mol. The number of hydrogen-bond acceptors (Lipinski definition) is 4. The number of pyridine rings is 1. The highest BCUT2D eigenvalue weighted by molar-refractivity contribution is 7.99. The zero-order valence-electron chi connectivity index (χ0n) is 15.4. The summed E-state index contributed by atoms with van der Waals surface area (Å²) in [5, 5.41) is 5.79. The minimum atomic E-state index is -1.16. The van der Waals surface area contributed by atoms with Gasteiger partial charge in [-0.15, -0.1) is 0 Å². The Bertz CT molecular complexity index is 1010. The van der Waals surface area contributed by atoms with Gasteiger partial charge < -0.3 is 10.6 Å². The van der Waals surface area contributed by atoms with Gasteiger partial charge in [0.15, 0.2) is 11.6 Å². The van der Waals surface area contributed by atoms with Crippen LogP contribution in [0.1, 0.15) is 22.0 Å². The van der Waals surface area contributed by atoms with Crippen LogP contribution >= 0.6 is 11.8 Å². The molecule has 29 heavy (non-hydrogen) atoms. The zero-order chi connectivity index (χ0) is 20.8. The van der Waals surface area contributed by atoms with E-state index in [1.165, 1.54) is 24.9 Å². The van der Waals surface area contributed by atoms with Crippen LogP contribution in [-0.4, -0.2) is 23.8 Å². The van der Waals surface area contributed by atoms with Gasteiger partial charge in [0.2, 0.25) is 5.91 Å². The highest BCUT2D eigenvalue weighted by atomic mass is 32.2. The molecule has 0 saturated heterocycles. The maximum atomic E-state index is 13.6. The van der Waals surface area contributed by atoms with Crippen LogP contribution in [0.5, 0.6) is 0 Å². The van der Waals surface area contributed by atoms with Crippen LogP contribution < -0.4 is 10.6 Å². The number of carbonyl (C=O) groups excluding carboxylic acids is 2. The number of hydrogen-bond donors (Lipinski definition) is 2. The normalized spacial score (nSPS) is 11.6. The van der Waals surface area contributed by atoms with E-state index in [1.54, 1.807) is 30.5 Å². The number of benzene rings is 2. The summed E-state index contributed by atoms with van der Waals surface area (Å²) in [6.45, 7) is 0. The topological polar surface area (TPSA) is 71.1 Å². The third-order valence-corrected chi connectivity index (χ3v) is 5.00. The van der Waals surface area contributed by atoms with Gasteiger partial charge in [-0.1, -0.05) is 23.9 Å². The second-order valence-corrected chi connectivity index (χ2v) is 7.08. The minimum absolute atomic E-state index is 0.138. The second kappa shape index (κ2) is 9.29. The van der Waals surface area contributed by atoms with Crippen LogP contribution in [0.15, 0.2) is 76.8 Å². The Morgan fingerprint density at radius 1 is 1.00 bits per heavy atom. The van der Waals surface area contributed by atoms with Crippen molar-refractivity contribution < 1.29 is 18.4 Å². The molecule has 0 fully saturated rings. The number of nitrogens with zero attached hydrogens (tertiary/aromatic N) is 1. The SMILES string of the molecule is CNC(=O)C(NC(=O)c1ccc(Sc2ccccn2)cc1)c1ccc(F)c(F)c1. The Morgan fingerprint density at radius 3 is 2.38 bits per heavy atom. The van der Waals surface area contributed by atoms with Crippen molar-refractivity contribution in [1.82, 2.24) is 15.6 Å². The van der Waals surface area contributed by atoms with Crippen LogP contribution in [-0.2, 0) is 4.79 Å². The Labute approximate surface area is 170 Å². The van der Waals surface area contributed by atoms with E-state index in [0.717, 1.165) is 22.1 Å². The minimum Gasteiger partial charge on any atom is -0.357 e. The van der Waals surface area contributed by atoms with Gasteiger partial charge in [0.25, 0.3) is 5.91 Å². The molecule has 1 heterocycles. The molecule has 0 aliphatic rings. The van der Waals surface area contributed by atoms with Gasteiger partial charge in [-0.05, 0) is 54.1 Å². The Morgan fingerprint density at radius 2 is 1.76 bits per heavy atom. The molecule has 5 nitrogen and oxygen atoms in total. The lowest BCUT2D eigenvalue weighted by atomic mass is 10.0. The summed E-state index contributed by atoms with van der Waals surface area (Å²) >= 11 is 1.45. The summed E-state index contributed by atoms with van der Waals surface area (Å²) in [7, 11) is 1.39. The van der Waals surface area contributed by atoms with Crippen LogP contribution in [0.4, 0.5) is 8.78 Å². The van der Waals surface area contributed by atoms with E-state index in [1.807, 2.05) is 18.2 Å². The maximum absolute atomic E-state index is 13.6. The summed E-state index contributed by atoms with van der Waals surface area (Å²) in [4.78, 5) is 29.9. The molecule has 148 valence electrons. The zero-order valence-corrected chi connectivity index (χ0v) is 16.2. The quantitative estimate of drug-likeness (QED) is 0.646. The van der Waals surface area contributed by atoms with Gasteiger partial charge in [-0.2, -0.15) is 0 Å². The average Bonchev–Trinajstić information content (AvgIpc) is 2.74. The van der Waals surface area contributed by atoms with E-state index >= 15 is 0 Å². The lowest BCUT2D eigenvalue weighted by Crippen LogP contribution is -2.39. The smallest absolute Gasteiger partial charge is 0.252 e. The Kier molecular flexibility index (Phi) is 6.56. The molecule has 1 atom stereocenters. The first kappa shape index (κ1) is 20.5. The van der Waals surface area contributed by atoms with Crippen LogP contribution in [0.2, 0.25) is 0 Å². The highest BCUT2D eigenvalue weighted by Gasteiger charge is 2.23. The van der Waals surface area contributed by atoms with Crippen LogP contribution in [0.3, 0.4) is 0 Å². The van der Waals surface area contributed by atoms with E-state index in [2.05, 4.69) is 15.6 Å². The predicted octanol–water partition coefficient (Wildman–Crippen LogP) is 3.73. The molecule has 0 saturated carbocycles. The van der Waals surface area contributed by atoms with Gasteiger partial charge in [-0.25, -0.2) is 13.8 Å². The molecule has 2 aromatic carbocycles. The van der Waals surface area contributed by atoms with E-state index in [-0.39, 0.29) is 5.56 Å². The summed E-state index contributed by atoms with van der Waals surface area (Å²) < 4.78 is 26.8. The highest BCUT2D eigenvalue weighted by Crippen LogP contribution is 2.26. The molecule has 2 amide bonds. The number of likely N-dealkylation sites (N-methyl/N-ethyl adjacent to an activating group) is 1. The lowest BCUT2D eigenvalue weighted by molar-refractivity contribution is -0.122. The van der Waals surface area contributed by atoms with E-state index < -0.39 is 29.5 Å². The molecule has 3 aromatic rings. The van der Waals surface area contributed by atoms with Gasteiger partial charge in [0, 0.05) is 23.7 Å². The van der Waals surface area contributed by atoms with Gasteiger partial charge in [-0.3, -0.25) is 9.59 Å². The van der Waals surface area contributed by atoms with Crippen molar-refractivity contribution in [3.8, 4) is 0 Å². The Balaban J connectivity index is 1.75. The molecule has 0 bridgehead atoms. The summed E-state index contributed by atoms with van der Waals surface area (Å²) in [5.41, 5.74) is 0.464. The van der Waals surface area contributed by atoms with Gasteiger partial charge in [0.05, 0.1) is 0 Å². The van der Waals surface area contributed by atoms with Crippen molar-refractivity contribution >= 4 is 23.6 Å². The van der Waals surface area contributed by atoms with Crippen molar-refractivity contribution in [2.45, 2.75) is 16.0 Å². The first-order valence-electron chi connectivity index (χ1n) is 8.64. The number of nitrogens with one attached hydrogen (secondary N) is 2. The van der Waals surface area contributed by atoms with Crippen molar-refractivity contribution in [1.29, 1.82) is 0 Å². The molecule has 8 heteroatoms. The molecule has 3 rings (SSSR count). The third-order valence-electron chi connectivity index (χ3n) is 4.04. The number of rotatable bonds is 6. The largest absolute Gasteiger partial charge is 0.357 e. The first-order chi connectivity index (χ1) is 14.0. The second-order valence-electron chi connectivity index (χ2n) is 5.99. The van der Waals surface area contributed by atoms with E-state index in [4.69, 9.17) is 0 Å². The fraction of sp³-hybridized carbons (Fsp3) is 0.0952. The number of carbonyl (C=O) groups is 2. The van der Waals surface area contributed by atoms with Gasteiger partial charge >= 0.3 is 0 Å². The number of halogens is 2. The van der Waals surface area contributed by atoms with Crippen molar-refractivity contribution in [2.24, 2.45) is 0 Å². The fourth-order valence-corrected chi connectivity index (χ4v) is 3.33. The van der Waals surface area contributed by atoms with Crippen molar-refractivity contribution in [2.75, 3.05) is 7.05 Å². The van der Waals surface area contributed by atoms with E-state index in [9.17, 15) is 18.4 Å². The molecule has 0 aliphatic carbocycles. The molecule has 2 N–H and O–H groups in total. The average molecular weight is 413 g/mol. The lowest BCUT2D eigenvalue weighted by Gasteiger charge is -2.18. The predicted molar refractivity (Wildman–Crippen MR) is 105 cm³/mol. The maximum Gasteiger partial charge on any atom is 0.252 e. The number of aromatic nitrogens is 1. The third kappa shape index (κ3) is 5.17. The van der Waals surface area contributed by atoms with E-state index in [0.29, 0.717) is 5.56 Å². The monoisotopic (exact) mass is 413 g/mol. The molecule has 1 aromatic heterocycles. The summed E-state index contributed by atoms with van der Waals surface area (Å²) in [6.07, 6.45) is 1.70. The summed E-state index contributed by atoms with van der Waals surface area (Å²) in [5.74, 6) is -3.19. The Hall–Kier alpha value is -3.26. The fourth-order valence-electron chi connectivity index (χ4n) is 2.55. The van der Waals surface area contributed by atoms with Gasteiger partial charge in [0.1, 0.15) is 11.1 Å². The number of amides is 2. The first-order valence-corrected chi connectivity index (χ1v) is 9.46. The van der Waals surface area contributed by atoms with Crippen LogP contribution in [0.25, 0.3) is 0 Å². The molecule has 1 unspecified atom stereocenters. The van der Waals surface area contributed by atoms with Crippen molar-refractivity contribution in [3.05, 3.63) is 89.6 Å². The molecular formula is C21H17F2N3O2S. The molecule has 0 radical (unpaired) electrons. The molecule has 0 aliphatic heterocycles. The van der Waals surface area contributed by atoms with Crippen molar-refractivity contribution in [3.63, 3.8) is 0 Å². The van der Waals surface area contributed by atoms with Crippen LogP contribution in [0, 0.1) is 11.6 Å². The summed E-state index contributed by atoms with van der Waals surface area (Å²) in [6, 6.07) is 14.2. The molecule has 0 spiro atoms. The standard InChI is InChI=1S/C21H17F2N3O2S/c1-24-21(28)19(14-7-10-16(22)17(23)12-14)26-20(27)13-5-8-15(9-6-13)29-18-4-2-3-11-25-18/h2-12,19H,1H3,(H,24,28)(H,26,27).